The van der Waals surface area contributed by atoms with Gasteiger partial charge in [0.25, 0.3) is 0 Å². The van der Waals surface area contributed by atoms with Crippen LogP contribution in [0.15, 0.2) is 0 Å². The topological polar surface area (TPSA) is 38.7 Å². The van der Waals surface area contributed by atoms with Gasteiger partial charge in [0.2, 0.25) is 0 Å². The van der Waals surface area contributed by atoms with Gasteiger partial charge in [0.15, 0.2) is 6.29 Å². The van der Waals surface area contributed by atoms with Crippen LogP contribution >= 0.6 is 0 Å². The molecule has 0 aromatic heterocycles. The summed E-state index contributed by atoms with van der Waals surface area (Å²) in [5.74, 6) is 1.43. The van der Waals surface area contributed by atoms with E-state index in [0.29, 0.717) is 22.9 Å². The van der Waals surface area contributed by atoms with Gasteiger partial charge in [-0.3, -0.25) is 0 Å². The summed E-state index contributed by atoms with van der Waals surface area (Å²) < 4.78 is 12.1. The molecule has 0 radical (unpaired) electrons. The first-order chi connectivity index (χ1) is 8.77. The Bertz CT molecular complexity index is 365. The van der Waals surface area contributed by atoms with Crippen LogP contribution in [0.5, 0.6) is 0 Å². The quantitative estimate of drug-likeness (QED) is 0.855. The molecule has 0 unspecified atom stereocenters. The first kappa shape index (κ1) is 13.8. The summed E-state index contributed by atoms with van der Waals surface area (Å²) in [7, 11) is 0. The van der Waals surface area contributed by atoms with Gasteiger partial charge in [0, 0.05) is 6.42 Å². The Hall–Kier alpha value is -0.120. The minimum Gasteiger partial charge on any atom is -0.391 e. The summed E-state index contributed by atoms with van der Waals surface area (Å²) in [5, 5.41) is 9.55. The Labute approximate surface area is 116 Å². The molecule has 1 saturated heterocycles. The average Bonchev–Trinajstić information content (AvgIpc) is 2.85. The standard InChI is InChI=1S/C16H28O3/c1-9(17)10(2)18-13-8-11-12-6-7-16(5,14(11)19-13)15(12,3)4/h9-14,17H,6-8H2,1-5H3/t9-,10-,11+,12-,13+,14+,16+/m1/s1. The molecule has 0 spiro atoms. The molecule has 3 rings (SSSR count). The molecule has 0 amide bonds. The van der Waals surface area contributed by atoms with E-state index < -0.39 is 6.10 Å². The first-order valence-corrected chi connectivity index (χ1v) is 7.76. The Morgan fingerprint density at radius 1 is 1.26 bits per heavy atom. The maximum absolute atomic E-state index is 9.55. The van der Waals surface area contributed by atoms with Crippen molar-refractivity contribution in [3.8, 4) is 0 Å². The van der Waals surface area contributed by atoms with Gasteiger partial charge in [0.1, 0.15) is 0 Å². The Balaban J connectivity index is 1.72. The monoisotopic (exact) mass is 268 g/mol. The van der Waals surface area contributed by atoms with Crippen LogP contribution in [-0.4, -0.2) is 29.7 Å². The van der Waals surface area contributed by atoms with Crippen molar-refractivity contribution in [1.82, 2.24) is 0 Å². The molecule has 2 saturated carbocycles. The van der Waals surface area contributed by atoms with Gasteiger partial charge in [-0.2, -0.15) is 0 Å². The summed E-state index contributed by atoms with van der Waals surface area (Å²) in [4.78, 5) is 0. The highest BCUT2D eigenvalue weighted by Crippen LogP contribution is 2.71. The lowest BCUT2D eigenvalue weighted by atomic mass is 9.70. The number of rotatable bonds is 3. The molecule has 1 N–H and O–H groups in total. The van der Waals surface area contributed by atoms with E-state index in [-0.39, 0.29) is 12.4 Å². The van der Waals surface area contributed by atoms with Crippen LogP contribution in [0.2, 0.25) is 0 Å². The molecule has 3 aliphatic rings. The molecular weight excluding hydrogens is 240 g/mol. The molecular formula is C16H28O3. The minimum atomic E-state index is -0.437. The molecule has 110 valence electrons. The third-order valence-corrected chi connectivity index (χ3v) is 6.72. The van der Waals surface area contributed by atoms with Crippen LogP contribution in [0.1, 0.15) is 53.9 Å². The van der Waals surface area contributed by atoms with Crippen molar-refractivity contribution in [3.63, 3.8) is 0 Å². The SMILES string of the molecule is C[C@@H](O)[C@@H](C)O[C@@H]1C[C@H]2[C@H]3CC[C@@](C)([C@H]2O1)C3(C)C. The molecule has 1 heterocycles. The van der Waals surface area contributed by atoms with E-state index in [9.17, 15) is 5.11 Å². The molecule has 2 bridgehead atoms. The molecule has 3 fully saturated rings. The summed E-state index contributed by atoms with van der Waals surface area (Å²) >= 11 is 0. The summed E-state index contributed by atoms with van der Waals surface area (Å²) in [5.41, 5.74) is 0.692. The van der Waals surface area contributed by atoms with Gasteiger partial charge in [-0.1, -0.05) is 20.8 Å². The molecule has 19 heavy (non-hydrogen) atoms. The second kappa shape index (κ2) is 4.19. The zero-order valence-corrected chi connectivity index (χ0v) is 12.8. The van der Waals surface area contributed by atoms with Crippen LogP contribution in [0.3, 0.4) is 0 Å². The zero-order chi connectivity index (χ0) is 14.0. The summed E-state index contributed by atoms with van der Waals surface area (Å²) in [6.45, 7) is 10.9. The lowest BCUT2D eigenvalue weighted by molar-refractivity contribution is -0.196. The molecule has 1 aliphatic heterocycles. The normalized spacial score (nSPS) is 50.2. The van der Waals surface area contributed by atoms with E-state index in [1.807, 2.05) is 6.92 Å². The maximum atomic E-state index is 9.55. The first-order valence-electron chi connectivity index (χ1n) is 7.76. The number of aliphatic hydroxyl groups excluding tert-OH is 1. The highest BCUT2D eigenvalue weighted by Gasteiger charge is 2.69. The van der Waals surface area contributed by atoms with Gasteiger partial charge in [-0.25, -0.2) is 0 Å². The molecule has 2 aliphatic carbocycles. The fourth-order valence-electron chi connectivity index (χ4n) is 4.92. The van der Waals surface area contributed by atoms with E-state index >= 15 is 0 Å². The van der Waals surface area contributed by atoms with Gasteiger partial charge in [-0.15, -0.1) is 0 Å². The van der Waals surface area contributed by atoms with Crippen molar-refractivity contribution in [2.75, 3.05) is 0 Å². The van der Waals surface area contributed by atoms with Crippen LogP contribution in [0.25, 0.3) is 0 Å². The minimum absolute atomic E-state index is 0.115. The second-order valence-electron chi connectivity index (χ2n) is 7.75. The zero-order valence-electron chi connectivity index (χ0n) is 12.8. The Kier molecular flexibility index (Phi) is 3.05. The number of fused-ring (bicyclic) bond motifs is 5. The largest absolute Gasteiger partial charge is 0.391 e. The Morgan fingerprint density at radius 2 is 1.95 bits per heavy atom. The highest BCUT2D eigenvalue weighted by molar-refractivity contribution is 5.16. The predicted octanol–water partition coefficient (Wildman–Crippen LogP) is 2.96. The van der Waals surface area contributed by atoms with Gasteiger partial charge < -0.3 is 14.6 Å². The van der Waals surface area contributed by atoms with Crippen molar-refractivity contribution < 1.29 is 14.6 Å². The van der Waals surface area contributed by atoms with E-state index in [1.54, 1.807) is 6.92 Å². The molecule has 3 heteroatoms. The second-order valence-corrected chi connectivity index (χ2v) is 7.75. The average molecular weight is 268 g/mol. The number of aliphatic hydroxyl groups is 1. The van der Waals surface area contributed by atoms with E-state index in [2.05, 4.69) is 20.8 Å². The third-order valence-electron chi connectivity index (χ3n) is 6.72. The molecule has 7 atom stereocenters. The molecule has 3 nitrogen and oxygen atoms in total. The highest BCUT2D eigenvalue weighted by atomic mass is 16.7. The van der Waals surface area contributed by atoms with E-state index in [0.717, 1.165) is 12.3 Å². The summed E-state index contributed by atoms with van der Waals surface area (Å²) in [6, 6.07) is 0. The van der Waals surface area contributed by atoms with Crippen molar-refractivity contribution in [3.05, 3.63) is 0 Å². The van der Waals surface area contributed by atoms with Crippen LogP contribution in [0, 0.1) is 22.7 Å². The van der Waals surface area contributed by atoms with Crippen LogP contribution in [0.4, 0.5) is 0 Å². The van der Waals surface area contributed by atoms with Crippen LogP contribution < -0.4 is 0 Å². The van der Waals surface area contributed by atoms with Gasteiger partial charge >= 0.3 is 0 Å². The number of hydrogen-bond donors (Lipinski definition) is 1. The van der Waals surface area contributed by atoms with Crippen LogP contribution in [-0.2, 0) is 9.47 Å². The molecule has 0 aromatic carbocycles. The van der Waals surface area contributed by atoms with Gasteiger partial charge in [-0.05, 0) is 49.4 Å². The fourth-order valence-corrected chi connectivity index (χ4v) is 4.92. The smallest absolute Gasteiger partial charge is 0.158 e. The molecule has 0 aromatic rings. The van der Waals surface area contributed by atoms with E-state index in [4.69, 9.17) is 9.47 Å². The summed E-state index contributed by atoms with van der Waals surface area (Å²) in [6.07, 6.45) is 3.28. The fraction of sp³-hybridized carbons (Fsp3) is 1.00. The third kappa shape index (κ3) is 1.74. The van der Waals surface area contributed by atoms with Gasteiger partial charge in [0.05, 0.1) is 18.3 Å². The van der Waals surface area contributed by atoms with Crippen molar-refractivity contribution in [1.29, 1.82) is 0 Å². The lowest BCUT2D eigenvalue weighted by Gasteiger charge is -2.38. The number of hydrogen-bond acceptors (Lipinski definition) is 3. The lowest BCUT2D eigenvalue weighted by Crippen LogP contribution is -2.38. The van der Waals surface area contributed by atoms with Crippen molar-refractivity contribution in [2.45, 2.75) is 78.5 Å². The Morgan fingerprint density at radius 3 is 2.53 bits per heavy atom. The number of ether oxygens (including phenoxy) is 2. The van der Waals surface area contributed by atoms with Crippen molar-refractivity contribution >= 4 is 0 Å². The maximum Gasteiger partial charge on any atom is 0.158 e. The van der Waals surface area contributed by atoms with Crippen molar-refractivity contribution in [2.24, 2.45) is 22.7 Å². The predicted molar refractivity (Wildman–Crippen MR) is 73.6 cm³/mol. The van der Waals surface area contributed by atoms with E-state index in [1.165, 1.54) is 12.8 Å².